The summed E-state index contributed by atoms with van der Waals surface area (Å²) >= 11 is 0. The molecule has 0 heterocycles. The second-order valence-corrected chi connectivity index (χ2v) is 6.04. The smallest absolute Gasteiger partial charge is 0.739 e. The maximum Gasteiger partial charge on any atom is 1.00 e. The van der Waals surface area contributed by atoms with E-state index in [0.717, 1.165) is 19.3 Å². The van der Waals surface area contributed by atoms with Crippen molar-refractivity contribution in [1.82, 2.24) is 0 Å². The Balaban J connectivity index is 0. The van der Waals surface area contributed by atoms with Crippen LogP contribution in [0.25, 0.3) is 0 Å². The second-order valence-electron chi connectivity index (χ2n) is 2.64. The van der Waals surface area contributed by atoms with Gasteiger partial charge in [0.1, 0.15) is 9.15 Å². The third-order valence-electron chi connectivity index (χ3n) is 1.48. The average Bonchev–Trinajstić information content (AvgIpc) is 1.94. The molecule has 6 heteroatoms. The minimum absolute atomic E-state index is 0. The van der Waals surface area contributed by atoms with E-state index in [2.05, 4.69) is 6.92 Å². The SMILES string of the molecule is CCCCCCCSS(=O)(=O)[O-].[Na+]. The normalized spacial score (nSPS) is 10.9. The first-order chi connectivity index (χ1) is 5.56. The average molecular weight is 234 g/mol. The molecule has 0 aliphatic heterocycles. The molecule has 0 saturated carbocycles. The van der Waals surface area contributed by atoms with Crippen LogP contribution in [0.15, 0.2) is 0 Å². The van der Waals surface area contributed by atoms with Gasteiger partial charge in [-0.15, -0.1) is 0 Å². The predicted octanol–water partition coefficient (Wildman–Crippen LogP) is -0.846. The van der Waals surface area contributed by atoms with E-state index in [-0.39, 0.29) is 29.6 Å². The van der Waals surface area contributed by atoms with Gasteiger partial charge in [0.2, 0.25) is 0 Å². The van der Waals surface area contributed by atoms with Crippen LogP contribution in [0.3, 0.4) is 0 Å². The van der Waals surface area contributed by atoms with Gasteiger partial charge in [0.25, 0.3) is 0 Å². The topological polar surface area (TPSA) is 57.2 Å². The van der Waals surface area contributed by atoms with Gasteiger partial charge in [-0.2, -0.15) is 0 Å². The van der Waals surface area contributed by atoms with Gasteiger partial charge < -0.3 is 4.55 Å². The van der Waals surface area contributed by atoms with E-state index in [4.69, 9.17) is 0 Å². The van der Waals surface area contributed by atoms with E-state index >= 15 is 0 Å². The molecule has 0 amide bonds. The van der Waals surface area contributed by atoms with Crippen LogP contribution >= 0.6 is 10.8 Å². The van der Waals surface area contributed by atoms with E-state index in [9.17, 15) is 13.0 Å². The van der Waals surface area contributed by atoms with Crippen LogP contribution in [0.5, 0.6) is 0 Å². The van der Waals surface area contributed by atoms with Crippen molar-refractivity contribution < 1.29 is 42.5 Å². The molecule has 0 aromatic carbocycles. The van der Waals surface area contributed by atoms with E-state index in [1.54, 1.807) is 0 Å². The molecule has 3 nitrogen and oxygen atoms in total. The Morgan fingerprint density at radius 2 is 1.69 bits per heavy atom. The van der Waals surface area contributed by atoms with Crippen molar-refractivity contribution >= 4 is 19.9 Å². The molecule has 0 aromatic heterocycles. The summed E-state index contributed by atoms with van der Waals surface area (Å²) in [6.07, 6.45) is 5.35. The van der Waals surface area contributed by atoms with Crippen LogP contribution in [0, 0.1) is 0 Å². The predicted molar refractivity (Wildman–Crippen MR) is 50.9 cm³/mol. The molecule has 0 aliphatic carbocycles. The number of hydrogen-bond donors (Lipinski definition) is 0. The number of rotatable bonds is 7. The largest absolute Gasteiger partial charge is 1.00 e. The molecule has 74 valence electrons. The summed E-state index contributed by atoms with van der Waals surface area (Å²) < 4.78 is 30.4. The molecule has 0 bridgehead atoms. The molecule has 0 atom stereocenters. The molecular weight excluding hydrogens is 219 g/mol. The van der Waals surface area contributed by atoms with Crippen molar-refractivity contribution in [3.8, 4) is 0 Å². The Hall–Kier alpha value is 1.26. The fraction of sp³-hybridized carbons (Fsp3) is 1.00. The van der Waals surface area contributed by atoms with Crippen molar-refractivity contribution in [3.05, 3.63) is 0 Å². The molecule has 0 aliphatic rings. The Labute approximate surface area is 106 Å². The zero-order chi connectivity index (χ0) is 9.45. The molecule has 0 aromatic rings. The van der Waals surface area contributed by atoms with Gasteiger partial charge in [-0.3, -0.25) is 0 Å². The van der Waals surface area contributed by atoms with Gasteiger partial charge in [0.15, 0.2) is 0 Å². The van der Waals surface area contributed by atoms with Gasteiger partial charge in [-0.25, -0.2) is 8.42 Å². The van der Waals surface area contributed by atoms with Crippen molar-refractivity contribution in [2.75, 3.05) is 5.75 Å². The van der Waals surface area contributed by atoms with Crippen LogP contribution in [-0.2, 0) is 9.15 Å². The molecule has 0 unspecified atom stereocenters. The third-order valence-corrected chi connectivity index (χ3v) is 3.59. The van der Waals surface area contributed by atoms with Crippen LogP contribution in [0.4, 0.5) is 0 Å². The fourth-order valence-corrected chi connectivity index (χ4v) is 2.36. The summed E-state index contributed by atoms with van der Waals surface area (Å²) in [5.74, 6) is 0.440. The van der Waals surface area contributed by atoms with Gasteiger partial charge in [-0.05, 0) is 17.2 Å². The standard InChI is InChI=1S/C7H16O3S2.Na/c1-2-3-4-5-6-7-11-12(8,9)10;/h2-7H2,1H3,(H,8,9,10);/q;+1/p-1. The Morgan fingerprint density at radius 3 is 2.15 bits per heavy atom. The molecule has 13 heavy (non-hydrogen) atoms. The summed E-state index contributed by atoms with van der Waals surface area (Å²) in [6, 6.07) is 0. The quantitative estimate of drug-likeness (QED) is 0.249. The van der Waals surface area contributed by atoms with E-state index in [1.165, 1.54) is 12.8 Å². The van der Waals surface area contributed by atoms with Crippen LogP contribution < -0.4 is 29.6 Å². The van der Waals surface area contributed by atoms with Crippen LogP contribution in [0.2, 0.25) is 0 Å². The first kappa shape index (κ1) is 16.7. The summed E-state index contributed by atoms with van der Waals surface area (Å²) in [5, 5.41) is 0. The molecule has 0 fully saturated rings. The second kappa shape index (κ2) is 9.80. The van der Waals surface area contributed by atoms with Gasteiger partial charge in [0, 0.05) is 5.75 Å². The van der Waals surface area contributed by atoms with Crippen molar-refractivity contribution in [2.45, 2.75) is 39.0 Å². The van der Waals surface area contributed by atoms with Gasteiger partial charge in [0.05, 0.1) is 0 Å². The van der Waals surface area contributed by atoms with Crippen LogP contribution in [0.1, 0.15) is 39.0 Å². The molecule has 0 rings (SSSR count). The minimum atomic E-state index is -4.05. The van der Waals surface area contributed by atoms with Crippen molar-refractivity contribution in [2.24, 2.45) is 0 Å². The maximum absolute atomic E-state index is 10.1. The Bertz CT molecular complexity index is 192. The summed E-state index contributed by atoms with van der Waals surface area (Å²) in [5.41, 5.74) is 0. The van der Waals surface area contributed by atoms with E-state index < -0.39 is 9.15 Å². The minimum Gasteiger partial charge on any atom is -0.739 e. The fourth-order valence-electron chi connectivity index (χ4n) is 0.867. The van der Waals surface area contributed by atoms with Gasteiger partial charge >= 0.3 is 29.6 Å². The van der Waals surface area contributed by atoms with Crippen LogP contribution in [-0.4, -0.2) is 18.7 Å². The van der Waals surface area contributed by atoms with E-state index in [1.807, 2.05) is 0 Å². The Morgan fingerprint density at radius 1 is 1.15 bits per heavy atom. The van der Waals surface area contributed by atoms with Crippen molar-refractivity contribution in [3.63, 3.8) is 0 Å². The summed E-state index contributed by atoms with van der Waals surface area (Å²) in [4.78, 5) is 0. The molecule has 0 radical (unpaired) electrons. The summed E-state index contributed by atoms with van der Waals surface area (Å²) in [6.45, 7) is 2.12. The molecular formula is C7H15NaO3S2. The first-order valence-corrected chi connectivity index (χ1v) is 7.07. The molecule has 0 N–H and O–H groups in total. The molecule has 0 saturated heterocycles. The first-order valence-electron chi connectivity index (χ1n) is 4.16. The van der Waals surface area contributed by atoms with E-state index in [0.29, 0.717) is 16.5 Å². The molecule has 0 spiro atoms. The monoisotopic (exact) mass is 234 g/mol. The third kappa shape index (κ3) is 16.0. The zero-order valence-corrected chi connectivity index (χ0v) is 11.9. The zero-order valence-electron chi connectivity index (χ0n) is 8.28. The Kier molecular flexibility index (Phi) is 12.6. The number of hydrogen-bond acceptors (Lipinski definition) is 4. The van der Waals surface area contributed by atoms with Crippen molar-refractivity contribution in [1.29, 1.82) is 0 Å². The number of unbranched alkanes of at least 4 members (excludes halogenated alkanes) is 4. The summed E-state index contributed by atoms with van der Waals surface area (Å²) in [7, 11) is -3.54. The maximum atomic E-state index is 10.1. The van der Waals surface area contributed by atoms with Gasteiger partial charge in [-0.1, -0.05) is 32.6 Å².